The molecular formula is C21H33KN4O. The standard InChI is InChI=1S/C21H30N3O.K.H3N/c1-17-2-4-18(5-3-17)12-15-25-24-21-8-6-20(7-9-21)23-14-11-19-10-13-22-16-19;;/h2-8,19,21-23H,9-16H2,1H3;;1H3/q-1;+1;. The van der Waals surface area contributed by atoms with Crippen molar-refractivity contribution in [3.63, 3.8) is 0 Å². The molecule has 2 aliphatic rings. The van der Waals surface area contributed by atoms with E-state index in [-0.39, 0.29) is 63.6 Å². The molecule has 1 aromatic carbocycles. The van der Waals surface area contributed by atoms with Gasteiger partial charge in [-0.05, 0) is 63.3 Å². The molecule has 0 radical (unpaired) electrons. The molecule has 5 N–H and O–H groups in total. The van der Waals surface area contributed by atoms with Crippen LogP contribution in [0.1, 0.15) is 30.4 Å². The number of allylic oxidation sites excluding steroid dienone is 1. The first-order valence-corrected chi connectivity index (χ1v) is 9.50. The summed E-state index contributed by atoms with van der Waals surface area (Å²) in [6.07, 6.45) is 10.9. The maximum atomic E-state index is 5.51. The third kappa shape index (κ3) is 9.34. The minimum absolute atomic E-state index is 0. The molecule has 2 atom stereocenters. The number of aryl methyl sites for hydroxylation is 1. The largest absolute Gasteiger partial charge is 1.00 e. The molecule has 6 heteroatoms. The van der Waals surface area contributed by atoms with E-state index in [9.17, 15) is 0 Å². The van der Waals surface area contributed by atoms with Crippen LogP contribution in [-0.2, 0) is 11.3 Å². The van der Waals surface area contributed by atoms with Crippen molar-refractivity contribution >= 4 is 0 Å². The Bertz CT molecular complexity index is 582. The summed E-state index contributed by atoms with van der Waals surface area (Å²) in [6, 6.07) is 8.73. The van der Waals surface area contributed by atoms with E-state index in [0.29, 0.717) is 6.61 Å². The van der Waals surface area contributed by atoms with Crippen LogP contribution in [0, 0.1) is 12.8 Å². The summed E-state index contributed by atoms with van der Waals surface area (Å²) in [5.41, 5.74) is 8.13. The van der Waals surface area contributed by atoms with Gasteiger partial charge in [-0.2, -0.15) is 0 Å². The van der Waals surface area contributed by atoms with Crippen molar-refractivity contribution in [1.29, 1.82) is 0 Å². The third-order valence-electron chi connectivity index (χ3n) is 4.93. The van der Waals surface area contributed by atoms with E-state index >= 15 is 0 Å². The SMILES string of the molecule is Cc1ccc(CCO[N-]C2C=CC(NCCC3CCNC3)=CC2)cc1.N.[K+]. The third-order valence-corrected chi connectivity index (χ3v) is 4.93. The molecule has 0 bridgehead atoms. The van der Waals surface area contributed by atoms with Gasteiger partial charge in [0.25, 0.3) is 0 Å². The molecule has 144 valence electrons. The van der Waals surface area contributed by atoms with E-state index in [1.165, 1.54) is 42.8 Å². The summed E-state index contributed by atoms with van der Waals surface area (Å²) in [5.74, 6) is 0.838. The van der Waals surface area contributed by atoms with Gasteiger partial charge in [0.2, 0.25) is 0 Å². The first-order valence-electron chi connectivity index (χ1n) is 9.50. The van der Waals surface area contributed by atoms with Crippen molar-refractivity contribution in [2.75, 3.05) is 26.2 Å². The van der Waals surface area contributed by atoms with Crippen molar-refractivity contribution in [1.82, 2.24) is 16.8 Å². The van der Waals surface area contributed by atoms with E-state index in [4.69, 9.17) is 4.84 Å². The minimum atomic E-state index is 0. The van der Waals surface area contributed by atoms with Crippen LogP contribution in [0.3, 0.4) is 0 Å². The molecule has 27 heavy (non-hydrogen) atoms. The van der Waals surface area contributed by atoms with Crippen LogP contribution >= 0.6 is 0 Å². The molecule has 1 heterocycles. The van der Waals surface area contributed by atoms with Gasteiger partial charge in [-0.3, -0.25) is 0 Å². The van der Waals surface area contributed by atoms with Crippen LogP contribution in [-0.4, -0.2) is 32.3 Å². The molecule has 1 saturated heterocycles. The molecule has 0 saturated carbocycles. The van der Waals surface area contributed by atoms with Gasteiger partial charge < -0.3 is 27.1 Å². The zero-order valence-corrected chi connectivity index (χ0v) is 20.0. The minimum Gasteiger partial charge on any atom is -0.528 e. The number of hydrogen-bond acceptors (Lipinski definition) is 4. The Labute approximate surface area is 206 Å². The van der Waals surface area contributed by atoms with Crippen LogP contribution < -0.4 is 68.2 Å². The second-order valence-corrected chi connectivity index (χ2v) is 7.07. The van der Waals surface area contributed by atoms with Gasteiger partial charge in [-0.1, -0.05) is 48.0 Å². The number of hydroxylamine groups is 1. The van der Waals surface area contributed by atoms with E-state index in [1.807, 2.05) is 0 Å². The van der Waals surface area contributed by atoms with Gasteiger partial charge in [-0.25, -0.2) is 0 Å². The Balaban J connectivity index is 0.00000182. The second kappa shape index (κ2) is 14.0. The number of benzene rings is 1. The van der Waals surface area contributed by atoms with Gasteiger partial charge in [0.05, 0.1) is 0 Å². The second-order valence-electron chi connectivity index (χ2n) is 7.07. The maximum absolute atomic E-state index is 5.51. The Morgan fingerprint density at radius 3 is 2.74 bits per heavy atom. The number of rotatable bonds is 9. The molecular weight excluding hydrogens is 363 g/mol. The monoisotopic (exact) mass is 396 g/mol. The van der Waals surface area contributed by atoms with E-state index in [2.05, 4.69) is 65.5 Å². The Morgan fingerprint density at radius 1 is 1.26 bits per heavy atom. The van der Waals surface area contributed by atoms with Crippen LogP contribution in [0.2, 0.25) is 0 Å². The first-order chi connectivity index (χ1) is 12.3. The van der Waals surface area contributed by atoms with Gasteiger partial charge in [-0.15, -0.1) is 0 Å². The van der Waals surface area contributed by atoms with Crippen LogP contribution in [0.15, 0.2) is 48.2 Å². The Morgan fingerprint density at radius 2 is 2.07 bits per heavy atom. The van der Waals surface area contributed by atoms with E-state index in [0.717, 1.165) is 25.3 Å². The Kier molecular flexibility index (Phi) is 13.0. The molecule has 1 aliphatic carbocycles. The molecule has 3 rings (SSSR count). The van der Waals surface area contributed by atoms with Crippen molar-refractivity contribution in [3.05, 3.63) is 64.8 Å². The topological polar surface area (TPSA) is 82.4 Å². The van der Waals surface area contributed by atoms with Crippen LogP contribution in [0.5, 0.6) is 0 Å². The number of hydrogen-bond donors (Lipinski definition) is 3. The fourth-order valence-electron chi connectivity index (χ4n) is 3.27. The fourth-order valence-corrected chi connectivity index (χ4v) is 3.27. The fraction of sp³-hybridized carbons (Fsp3) is 0.524. The maximum Gasteiger partial charge on any atom is 1.00 e. The smallest absolute Gasteiger partial charge is 0.528 e. The van der Waals surface area contributed by atoms with Crippen molar-refractivity contribution in [3.8, 4) is 0 Å². The predicted octanol–water partition coefficient (Wildman–Crippen LogP) is 0.810. The summed E-state index contributed by atoms with van der Waals surface area (Å²) >= 11 is 0. The molecule has 1 fully saturated rings. The molecule has 0 aromatic heterocycles. The molecule has 5 nitrogen and oxygen atoms in total. The van der Waals surface area contributed by atoms with Crippen LogP contribution in [0.25, 0.3) is 5.48 Å². The molecule has 0 spiro atoms. The first kappa shape index (κ1) is 25.0. The van der Waals surface area contributed by atoms with Crippen molar-refractivity contribution < 1.29 is 56.2 Å². The average molecular weight is 397 g/mol. The Hall–Kier alpha value is -0.0236. The van der Waals surface area contributed by atoms with Gasteiger partial charge in [0.1, 0.15) is 0 Å². The number of nitrogens with one attached hydrogen (secondary N) is 2. The van der Waals surface area contributed by atoms with E-state index < -0.39 is 0 Å². The molecule has 1 aliphatic heterocycles. The van der Waals surface area contributed by atoms with Crippen LogP contribution in [0.4, 0.5) is 0 Å². The predicted molar refractivity (Wildman–Crippen MR) is 108 cm³/mol. The van der Waals surface area contributed by atoms with Crippen molar-refractivity contribution in [2.45, 2.75) is 38.6 Å². The summed E-state index contributed by atoms with van der Waals surface area (Å²) in [5, 5.41) is 6.95. The summed E-state index contributed by atoms with van der Waals surface area (Å²) in [7, 11) is 0. The molecule has 1 aromatic rings. The zero-order chi connectivity index (χ0) is 17.3. The zero-order valence-electron chi connectivity index (χ0n) is 16.9. The van der Waals surface area contributed by atoms with E-state index in [1.54, 1.807) is 0 Å². The van der Waals surface area contributed by atoms with Gasteiger partial charge in [0, 0.05) is 18.8 Å². The molecule has 2 unspecified atom stereocenters. The average Bonchev–Trinajstić information content (AvgIpc) is 3.15. The van der Waals surface area contributed by atoms with Gasteiger partial charge >= 0.3 is 51.4 Å². The summed E-state index contributed by atoms with van der Waals surface area (Å²) in [6.45, 7) is 6.15. The number of nitrogens with zero attached hydrogens (tertiary/aromatic N) is 1. The summed E-state index contributed by atoms with van der Waals surface area (Å²) in [4.78, 5) is 5.51. The normalized spacial score (nSPS) is 21.1. The quantitative estimate of drug-likeness (QED) is 0.328. The van der Waals surface area contributed by atoms with Crippen molar-refractivity contribution in [2.24, 2.45) is 5.92 Å². The molecule has 0 amide bonds. The summed E-state index contributed by atoms with van der Waals surface area (Å²) < 4.78 is 0. The van der Waals surface area contributed by atoms with Gasteiger partial charge in [0.15, 0.2) is 0 Å².